The second-order valence-corrected chi connectivity index (χ2v) is 6.16. The second-order valence-electron chi connectivity index (χ2n) is 3.70. The van der Waals surface area contributed by atoms with Crippen molar-refractivity contribution < 1.29 is 5.11 Å². The first kappa shape index (κ1) is 12.3. The Morgan fingerprint density at radius 2 is 2.19 bits per heavy atom. The van der Waals surface area contributed by atoms with Gasteiger partial charge in [0.15, 0.2) is 11.0 Å². The van der Waals surface area contributed by atoms with E-state index in [0.29, 0.717) is 11.9 Å². The van der Waals surface area contributed by atoms with Crippen molar-refractivity contribution in [1.29, 1.82) is 0 Å². The maximum atomic E-state index is 9.18. The molecule has 1 fully saturated rings. The van der Waals surface area contributed by atoms with Crippen molar-refractivity contribution >= 4 is 23.5 Å². The molecule has 0 saturated heterocycles. The number of aliphatic hydroxyl groups excluding tert-OH is 1. The molecule has 0 radical (unpaired) electrons. The Kier molecular flexibility index (Phi) is 4.55. The van der Waals surface area contributed by atoms with Gasteiger partial charge in [-0.25, -0.2) is 0 Å². The molecule has 4 nitrogen and oxygen atoms in total. The molecule has 0 bridgehead atoms. The lowest BCUT2D eigenvalue weighted by molar-refractivity contribution is 0.263. The summed E-state index contributed by atoms with van der Waals surface area (Å²) in [5, 5.41) is 18.3. The molecule has 0 aromatic carbocycles. The molecule has 1 aliphatic carbocycles. The van der Waals surface area contributed by atoms with Crippen LogP contribution in [0.4, 0.5) is 0 Å². The van der Waals surface area contributed by atoms with Gasteiger partial charge in [-0.15, -0.1) is 10.2 Å². The lowest BCUT2D eigenvalue weighted by atomic mass is 10.6. The van der Waals surface area contributed by atoms with Crippen molar-refractivity contribution in [2.45, 2.75) is 37.6 Å². The van der Waals surface area contributed by atoms with E-state index < -0.39 is 0 Å². The lowest BCUT2D eigenvalue weighted by Crippen LogP contribution is -2.03. The SMILES string of the molecule is CCSCCSc1nnc(CO)n1C1CC1. The number of rotatable bonds is 7. The van der Waals surface area contributed by atoms with Crippen LogP contribution in [0.25, 0.3) is 0 Å². The minimum absolute atomic E-state index is 0.00618. The van der Waals surface area contributed by atoms with E-state index in [1.54, 1.807) is 11.8 Å². The third kappa shape index (κ3) is 2.93. The summed E-state index contributed by atoms with van der Waals surface area (Å²) in [5.74, 6) is 4.09. The zero-order chi connectivity index (χ0) is 11.4. The van der Waals surface area contributed by atoms with Gasteiger partial charge in [0, 0.05) is 17.5 Å². The molecule has 16 heavy (non-hydrogen) atoms. The fraction of sp³-hybridized carbons (Fsp3) is 0.800. The van der Waals surface area contributed by atoms with Crippen molar-refractivity contribution in [3.05, 3.63) is 5.82 Å². The van der Waals surface area contributed by atoms with Gasteiger partial charge in [-0.3, -0.25) is 0 Å². The van der Waals surface area contributed by atoms with Crippen LogP contribution in [-0.4, -0.2) is 37.1 Å². The lowest BCUT2D eigenvalue weighted by Gasteiger charge is -2.06. The van der Waals surface area contributed by atoms with Gasteiger partial charge < -0.3 is 9.67 Å². The molecule has 0 atom stereocenters. The van der Waals surface area contributed by atoms with E-state index in [0.717, 1.165) is 22.4 Å². The highest BCUT2D eigenvalue weighted by atomic mass is 32.2. The summed E-state index contributed by atoms with van der Waals surface area (Å²) >= 11 is 3.69. The average Bonchev–Trinajstić information content (AvgIpc) is 3.06. The fourth-order valence-electron chi connectivity index (χ4n) is 1.55. The summed E-state index contributed by atoms with van der Waals surface area (Å²) in [6.45, 7) is 2.17. The Bertz CT molecular complexity index is 339. The fourth-order valence-corrected chi connectivity index (χ4v) is 3.32. The number of hydrogen-bond donors (Lipinski definition) is 1. The van der Waals surface area contributed by atoms with E-state index >= 15 is 0 Å². The molecule has 0 unspecified atom stereocenters. The van der Waals surface area contributed by atoms with E-state index in [2.05, 4.69) is 21.7 Å². The predicted octanol–water partition coefficient (Wildman–Crippen LogP) is 1.95. The Morgan fingerprint density at radius 3 is 2.81 bits per heavy atom. The van der Waals surface area contributed by atoms with Crippen LogP contribution in [0, 0.1) is 0 Å². The van der Waals surface area contributed by atoms with E-state index in [4.69, 9.17) is 0 Å². The molecule has 1 aromatic heterocycles. The standard InChI is InChI=1S/C10H17N3OS2/c1-2-15-5-6-16-10-12-11-9(7-14)13(10)8-3-4-8/h8,14H,2-7H2,1H3. The number of hydrogen-bond acceptors (Lipinski definition) is 5. The van der Waals surface area contributed by atoms with Crippen LogP contribution in [0.3, 0.4) is 0 Å². The first-order valence-corrected chi connectivity index (χ1v) is 7.76. The van der Waals surface area contributed by atoms with Gasteiger partial charge in [0.05, 0.1) is 0 Å². The highest BCUT2D eigenvalue weighted by Crippen LogP contribution is 2.38. The molecule has 1 aliphatic rings. The Labute approximate surface area is 104 Å². The molecule has 0 amide bonds. The highest BCUT2D eigenvalue weighted by molar-refractivity contribution is 8.02. The maximum absolute atomic E-state index is 9.18. The van der Waals surface area contributed by atoms with E-state index in [-0.39, 0.29) is 6.61 Å². The van der Waals surface area contributed by atoms with Crippen LogP contribution < -0.4 is 0 Å². The first-order valence-electron chi connectivity index (χ1n) is 5.62. The molecule has 1 N–H and O–H groups in total. The van der Waals surface area contributed by atoms with Gasteiger partial charge in [0.2, 0.25) is 0 Å². The predicted molar refractivity (Wildman–Crippen MR) is 67.9 cm³/mol. The summed E-state index contributed by atoms with van der Waals surface area (Å²) in [4.78, 5) is 0. The van der Waals surface area contributed by atoms with Crippen LogP contribution in [0.2, 0.25) is 0 Å². The van der Waals surface area contributed by atoms with Crippen LogP contribution in [0.1, 0.15) is 31.6 Å². The Balaban J connectivity index is 1.94. The zero-order valence-electron chi connectivity index (χ0n) is 9.43. The molecule has 1 saturated carbocycles. The van der Waals surface area contributed by atoms with Crippen molar-refractivity contribution in [3.63, 3.8) is 0 Å². The minimum atomic E-state index is -0.00618. The van der Waals surface area contributed by atoms with Crippen molar-refractivity contribution in [1.82, 2.24) is 14.8 Å². The van der Waals surface area contributed by atoms with Gasteiger partial charge in [-0.05, 0) is 18.6 Å². The number of nitrogens with zero attached hydrogens (tertiary/aromatic N) is 3. The topological polar surface area (TPSA) is 50.9 Å². The van der Waals surface area contributed by atoms with E-state index in [1.165, 1.54) is 12.8 Å². The average molecular weight is 259 g/mol. The van der Waals surface area contributed by atoms with Crippen LogP contribution in [0.15, 0.2) is 5.16 Å². The van der Waals surface area contributed by atoms with Gasteiger partial charge in [-0.2, -0.15) is 11.8 Å². The molecule has 1 heterocycles. The third-order valence-corrected chi connectivity index (χ3v) is 4.56. The van der Waals surface area contributed by atoms with Gasteiger partial charge >= 0.3 is 0 Å². The normalized spacial score (nSPS) is 15.6. The largest absolute Gasteiger partial charge is 0.388 e. The summed E-state index contributed by atoms with van der Waals surface area (Å²) in [7, 11) is 0. The summed E-state index contributed by atoms with van der Waals surface area (Å²) in [6.07, 6.45) is 2.39. The summed E-state index contributed by atoms with van der Waals surface area (Å²) in [6, 6.07) is 0.540. The number of aromatic nitrogens is 3. The molecule has 2 rings (SSSR count). The smallest absolute Gasteiger partial charge is 0.191 e. The van der Waals surface area contributed by atoms with E-state index in [1.807, 2.05) is 11.8 Å². The number of aliphatic hydroxyl groups is 1. The maximum Gasteiger partial charge on any atom is 0.191 e. The van der Waals surface area contributed by atoms with Crippen molar-refractivity contribution in [2.24, 2.45) is 0 Å². The molecule has 90 valence electrons. The van der Waals surface area contributed by atoms with E-state index in [9.17, 15) is 5.11 Å². The van der Waals surface area contributed by atoms with Crippen molar-refractivity contribution in [2.75, 3.05) is 17.3 Å². The second kappa shape index (κ2) is 5.93. The molecule has 0 spiro atoms. The number of thioether (sulfide) groups is 2. The van der Waals surface area contributed by atoms with Crippen LogP contribution in [-0.2, 0) is 6.61 Å². The Hall–Kier alpha value is -0.200. The molecular formula is C10H17N3OS2. The molecule has 6 heteroatoms. The monoisotopic (exact) mass is 259 g/mol. The zero-order valence-corrected chi connectivity index (χ0v) is 11.1. The van der Waals surface area contributed by atoms with Crippen LogP contribution >= 0.6 is 23.5 Å². The summed E-state index contributed by atoms with van der Waals surface area (Å²) < 4.78 is 2.11. The van der Waals surface area contributed by atoms with Gasteiger partial charge in [-0.1, -0.05) is 18.7 Å². The third-order valence-electron chi connectivity index (χ3n) is 2.45. The van der Waals surface area contributed by atoms with Crippen LogP contribution in [0.5, 0.6) is 0 Å². The molecule has 0 aliphatic heterocycles. The molecule has 1 aromatic rings. The van der Waals surface area contributed by atoms with Gasteiger partial charge in [0.25, 0.3) is 0 Å². The van der Waals surface area contributed by atoms with Crippen molar-refractivity contribution in [3.8, 4) is 0 Å². The summed E-state index contributed by atoms with van der Waals surface area (Å²) in [5.41, 5.74) is 0. The minimum Gasteiger partial charge on any atom is -0.388 e. The first-order chi connectivity index (χ1) is 7.86. The molecular weight excluding hydrogens is 242 g/mol. The Morgan fingerprint density at radius 1 is 1.38 bits per heavy atom. The highest BCUT2D eigenvalue weighted by Gasteiger charge is 2.29. The van der Waals surface area contributed by atoms with Gasteiger partial charge in [0.1, 0.15) is 6.61 Å². The quantitative estimate of drug-likeness (QED) is 0.599.